The average Bonchev–Trinajstić information content (AvgIpc) is 2.67. The summed E-state index contributed by atoms with van der Waals surface area (Å²) in [6.45, 7) is 10.0. The van der Waals surface area contributed by atoms with Gasteiger partial charge in [0.15, 0.2) is 5.78 Å². The number of carbonyl (C=O) groups is 2. The summed E-state index contributed by atoms with van der Waals surface area (Å²) in [4.78, 5) is 45.3. The lowest BCUT2D eigenvalue weighted by Gasteiger charge is -2.35. The Labute approximate surface area is 182 Å². The number of aryl methyl sites for hydroxylation is 1. The Morgan fingerprint density at radius 2 is 1.77 bits per heavy atom. The van der Waals surface area contributed by atoms with E-state index in [0.29, 0.717) is 29.8 Å². The first-order chi connectivity index (χ1) is 14.6. The van der Waals surface area contributed by atoms with Crippen molar-refractivity contribution in [2.45, 2.75) is 33.6 Å². The van der Waals surface area contributed by atoms with Crippen LogP contribution in [0.15, 0.2) is 29.1 Å². The zero-order valence-corrected chi connectivity index (χ0v) is 18.7. The number of anilines is 2. The molecule has 31 heavy (non-hydrogen) atoms. The fraction of sp³-hybridized carbons (Fsp3) is 0.458. The number of aromatic amines is 1. The molecule has 1 aromatic heterocycles. The van der Waals surface area contributed by atoms with Crippen molar-refractivity contribution in [3.63, 3.8) is 0 Å². The van der Waals surface area contributed by atoms with Gasteiger partial charge in [0.05, 0.1) is 0 Å². The largest absolute Gasteiger partial charge is 0.369 e. The van der Waals surface area contributed by atoms with Gasteiger partial charge in [-0.1, -0.05) is 13.8 Å². The van der Waals surface area contributed by atoms with Gasteiger partial charge in [0.2, 0.25) is 0 Å². The molecular formula is C24H30N4O3. The molecule has 7 heteroatoms. The van der Waals surface area contributed by atoms with E-state index in [1.807, 2.05) is 39.0 Å². The van der Waals surface area contributed by atoms with E-state index in [9.17, 15) is 14.4 Å². The molecule has 0 bridgehead atoms. The molecule has 1 aromatic carbocycles. The van der Waals surface area contributed by atoms with Crippen LogP contribution < -0.4 is 15.8 Å². The Morgan fingerprint density at radius 3 is 2.45 bits per heavy atom. The van der Waals surface area contributed by atoms with Gasteiger partial charge in [-0.05, 0) is 55.6 Å². The van der Waals surface area contributed by atoms with Crippen molar-refractivity contribution in [2.24, 2.45) is 5.41 Å². The average molecular weight is 423 g/mol. The number of nitrogens with zero attached hydrogens (tertiary/aromatic N) is 2. The van der Waals surface area contributed by atoms with E-state index in [-0.39, 0.29) is 16.8 Å². The van der Waals surface area contributed by atoms with Crippen LogP contribution in [0.5, 0.6) is 0 Å². The number of pyridine rings is 1. The van der Waals surface area contributed by atoms with Gasteiger partial charge in [0.1, 0.15) is 5.56 Å². The summed E-state index contributed by atoms with van der Waals surface area (Å²) in [6, 6.07) is 7.25. The molecule has 1 saturated heterocycles. The minimum absolute atomic E-state index is 0.0346. The lowest BCUT2D eigenvalue weighted by atomic mass is 9.75. The quantitative estimate of drug-likeness (QED) is 0.795. The number of H-pyrrole nitrogens is 1. The summed E-state index contributed by atoms with van der Waals surface area (Å²) >= 11 is 0. The third-order valence-electron chi connectivity index (χ3n) is 6.26. The lowest BCUT2D eigenvalue weighted by Crippen LogP contribution is -2.44. The highest BCUT2D eigenvalue weighted by molar-refractivity contribution is 6.06. The van der Waals surface area contributed by atoms with E-state index in [2.05, 4.69) is 27.1 Å². The van der Waals surface area contributed by atoms with Crippen LogP contribution in [-0.4, -0.2) is 54.8 Å². The molecule has 0 unspecified atom stereocenters. The van der Waals surface area contributed by atoms with Gasteiger partial charge in [-0.15, -0.1) is 0 Å². The van der Waals surface area contributed by atoms with Crippen LogP contribution in [0, 0.1) is 12.3 Å². The van der Waals surface area contributed by atoms with E-state index in [4.69, 9.17) is 0 Å². The van der Waals surface area contributed by atoms with Gasteiger partial charge in [0, 0.05) is 55.2 Å². The summed E-state index contributed by atoms with van der Waals surface area (Å²) in [5.74, 6) is -0.544. The summed E-state index contributed by atoms with van der Waals surface area (Å²) in [5, 5.41) is 2.82. The molecule has 2 heterocycles. The van der Waals surface area contributed by atoms with Crippen molar-refractivity contribution >= 4 is 23.1 Å². The number of fused-ring (bicyclic) bond motifs is 1. The highest BCUT2D eigenvalue weighted by atomic mass is 16.2. The summed E-state index contributed by atoms with van der Waals surface area (Å²) in [7, 11) is 2.12. The van der Waals surface area contributed by atoms with Crippen LogP contribution >= 0.6 is 0 Å². The topological polar surface area (TPSA) is 85.5 Å². The number of benzene rings is 1. The fourth-order valence-corrected chi connectivity index (χ4v) is 4.53. The van der Waals surface area contributed by atoms with Crippen LogP contribution in [0.1, 0.15) is 52.2 Å². The molecule has 1 amide bonds. The van der Waals surface area contributed by atoms with E-state index in [1.165, 1.54) is 6.07 Å². The number of Topliss-reactive ketones (excluding diaryl/α,β-unsaturated/α-hetero) is 1. The second-order valence-corrected chi connectivity index (χ2v) is 9.59. The summed E-state index contributed by atoms with van der Waals surface area (Å²) < 4.78 is 0. The molecule has 7 nitrogen and oxygen atoms in total. The molecule has 0 saturated carbocycles. The number of hydrogen-bond donors (Lipinski definition) is 2. The predicted molar refractivity (Wildman–Crippen MR) is 122 cm³/mol. The fourth-order valence-electron chi connectivity index (χ4n) is 4.53. The van der Waals surface area contributed by atoms with E-state index >= 15 is 0 Å². The second kappa shape index (κ2) is 7.96. The molecule has 4 rings (SSSR count). The number of carbonyl (C=O) groups excluding carboxylic acids is 2. The zero-order chi connectivity index (χ0) is 22.3. The van der Waals surface area contributed by atoms with Crippen molar-refractivity contribution in [2.75, 3.05) is 43.4 Å². The molecule has 164 valence electrons. The summed E-state index contributed by atoms with van der Waals surface area (Å²) in [5.41, 5.74) is 3.23. The van der Waals surface area contributed by atoms with Gasteiger partial charge >= 0.3 is 0 Å². The molecule has 0 spiro atoms. The third kappa shape index (κ3) is 4.42. The lowest BCUT2D eigenvalue weighted by molar-refractivity contribution is 0.0910. The number of aromatic nitrogens is 1. The maximum absolute atomic E-state index is 12.8. The smallest absolute Gasteiger partial charge is 0.261 e. The first-order valence-corrected chi connectivity index (χ1v) is 10.8. The first-order valence-electron chi connectivity index (χ1n) is 10.8. The van der Waals surface area contributed by atoms with E-state index in [0.717, 1.165) is 37.4 Å². The normalized spacial score (nSPS) is 18.6. The first kappa shape index (κ1) is 21.3. The molecular weight excluding hydrogens is 392 g/mol. The number of nitrogens with one attached hydrogen (secondary N) is 2. The third-order valence-corrected chi connectivity index (χ3v) is 6.26. The zero-order valence-electron chi connectivity index (χ0n) is 18.7. The van der Waals surface area contributed by atoms with Crippen molar-refractivity contribution in [3.8, 4) is 0 Å². The Balaban J connectivity index is 1.54. The van der Waals surface area contributed by atoms with E-state index in [1.54, 1.807) is 0 Å². The molecule has 0 atom stereocenters. The molecule has 2 N–H and O–H groups in total. The maximum Gasteiger partial charge on any atom is 0.261 e. The maximum atomic E-state index is 12.8. The monoisotopic (exact) mass is 422 g/mol. The molecule has 0 radical (unpaired) electrons. The van der Waals surface area contributed by atoms with Crippen molar-refractivity contribution in [1.82, 2.24) is 9.88 Å². The number of amides is 1. The van der Waals surface area contributed by atoms with Gasteiger partial charge in [-0.2, -0.15) is 0 Å². The van der Waals surface area contributed by atoms with Gasteiger partial charge in [0.25, 0.3) is 11.5 Å². The highest BCUT2D eigenvalue weighted by Gasteiger charge is 2.32. The Hall–Kier alpha value is -2.93. The van der Waals surface area contributed by atoms with Gasteiger partial charge < -0.3 is 20.1 Å². The van der Waals surface area contributed by atoms with Crippen LogP contribution in [0.2, 0.25) is 0 Å². The number of rotatable bonds is 3. The minimum Gasteiger partial charge on any atom is -0.369 e. The number of ketones is 1. The number of piperazine rings is 1. The SMILES string of the molecule is Cc1cc(NC(=O)c2cc3c([nH]c2=O)CC(C)(C)CC3=O)ccc1N1CCN(C)CC1. The standard InChI is InChI=1S/C24H30N4O3/c1-15-11-16(5-6-20(15)28-9-7-27(4)8-10-28)25-22(30)18-12-17-19(26-23(18)31)13-24(2,3)14-21(17)29/h5-6,11-12H,7-10,13-14H2,1-4H3,(H,25,30)(H,26,31). The van der Waals surface area contributed by atoms with Gasteiger partial charge in [-0.25, -0.2) is 0 Å². The summed E-state index contributed by atoms with van der Waals surface area (Å²) in [6.07, 6.45) is 1.01. The number of likely N-dealkylation sites (N-methyl/N-ethyl adjacent to an activating group) is 1. The van der Waals surface area contributed by atoms with Crippen molar-refractivity contribution < 1.29 is 9.59 Å². The predicted octanol–water partition coefficient (Wildman–Crippen LogP) is 2.84. The Bertz CT molecular complexity index is 1090. The Morgan fingerprint density at radius 1 is 1.06 bits per heavy atom. The van der Waals surface area contributed by atoms with Crippen LogP contribution in [0.4, 0.5) is 11.4 Å². The number of hydrogen-bond acceptors (Lipinski definition) is 5. The van der Waals surface area contributed by atoms with Gasteiger partial charge in [-0.3, -0.25) is 14.4 Å². The molecule has 1 fully saturated rings. The molecule has 2 aliphatic rings. The minimum atomic E-state index is -0.506. The second-order valence-electron chi connectivity index (χ2n) is 9.59. The van der Waals surface area contributed by atoms with Crippen LogP contribution in [0.3, 0.4) is 0 Å². The van der Waals surface area contributed by atoms with Crippen LogP contribution in [0.25, 0.3) is 0 Å². The Kier molecular flexibility index (Phi) is 5.47. The molecule has 1 aliphatic carbocycles. The molecule has 2 aromatic rings. The molecule has 1 aliphatic heterocycles. The van der Waals surface area contributed by atoms with E-state index < -0.39 is 11.5 Å². The highest BCUT2D eigenvalue weighted by Crippen LogP contribution is 2.33. The van der Waals surface area contributed by atoms with Crippen molar-refractivity contribution in [1.29, 1.82) is 0 Å². The van der Waals surface area contributed by atoms with Crippen LogP contribution in [-0.2, 0) is 6.42 Å². The van der Waals surface area contributed by atoms with Crippen molar-refractivity contribution in [3.05, 3.63) is 57.0 Å².